The van der Waals surface area contributed by atoms with Gasteiger partial charge in [-0.3, -0.25) is 0 Å². The molecule has 0 saturated heterocycles. The molecule has 3 nitrogen and oxygen atoms in total. The zero-order valence-corrected chi connectivity index (χ0v) is 24.3. The molecule has 1 atom stereocenters. The maximum absolute atomic E-state index is 9.15. The highest BCUT2D eigenvalue weighted by molar-refractivity contribution is 4.61. The van der Waals surface area contributed by atoms with Gasteiger partial charge in [0.1, 0.15) is 13.2 Å². The Morgan fingerprint density at radius 2 is 0.853 bits per heavy atom. The molecule has 0 heterocycles. The summed E-state index contributed by atoms with van der Waals surface area (Å²) < 4.78 is 0.584. The van der Waals surface area contributed by atoms with E-state index in [0.29, 0.717) is 11.3 Å². The lowest BCUT2D eigenvalue weighted by molar-refractivity contribution is -1.08. The van der Waals surface area contributed by atoms with E-state index in [1.165, 1.54) is 148 Å². The third-order valence-electron chi connectivity index (χ3n) is 7.41. The second-order valence-electron chi connectivity index (χ2n) is 11.5. The average Bonchev–Trinajstić information content (AvgIpc) is 2.82. The number of hydrogen-bond acceptors (Lipinski definition) is 2. The summed E-state index contributed by atoms with van der Waals surface area (Å²) in [6.45, 7) is 6.22. The Bertz CT molecular complexity index is 386. The molecule has 0 saturated carbocycles. The molecule has 0 bridgehead atoms. The molecule has 3 heteroatoms. The summed E-state index contributed by atoms with van der Waals surface area (Å²) in [5, 5.41) is 9.15. The van der Waals surface area contributed by atoms with Crippen molar-refractivity contribution in [3.05, 3.63) is 0 Å². The van der Waals surface area contributed by atoms with Gasteiger partial charge < -0.3 is 5.11 Å². The number of nitrogens with zero attached hydrogens (tertiary/aromatic N) is 1. The molecule has 0 aromatic carbocycles. The summed E-state index contributed by atoms with van der Waals surface area (Å²) in [4.78, 5) is 5.90. The van der Waals surface area contributed by atoms with Crippen molar-refractivity contribution in [3.63, 3.8) is 0 Å². The summed E-state index contributed by atoms with van der Waals surface area (Å²) >= 11 is 0. The quantitative estimate of drug-likeness (QED) is 0.0680. The molecular formula is C31H66NO2+. The lowest BCUT2D eigenvalue weighted by Gasteiger charge is -2.31. The van der Waals surface area contributed by atoms with Gasteiger partial charge >= 0.3 is 0 Å². The highest BCUT2D eigenvalue weighted by Crippen LogP contribution is 2.22. The van der Waals surface area contributed by atoms with Crippen LogP contribution in [0.2, 0.25) is 0 Å². The highest BCUT2D eigenvalue weighted by atomic mass is 16.7. The van der Waals surface area contributed by atoms with E-state index in [-0.39, 0.29) is 6.61 Å². The van der Waals surface area contributed by atoms with Gasteiger partial charge in [-0.2, -0.15) is 4.65 Å². The van der Waals surface area contributed by atoms with Gasteiger partial charge in [-0.1, -0.05) is 149 Å². The summed E-state index contributed by atoms with van der Waals surface area (Å²) in [5.41, 5.74) is 0. The molecule has 1 unspecified atom stereocenters. The number of aliphatic hydroxyl groups is 1. The first kappa shape index (κ1) is 33.9. The molecule has 1 N–H and O–H groups in total. The smallest absolute Gasteiger partial charge is 0.129 e. The van der Waals surface area contributed by atoms with Crippen molar-refractivity contribution >= 4 is 0 Å². The lowest BCUT2D eigenvalue weighted by atomic mass is 9.93. The summed E-state index contributed by atoms with van der Waals surface area (Å²) in [5.74, 6) is 0.751. The highest BCUT2D eigenvalue weighted by Gasteiger charge is 2.23. The first-order valence-electron chi connectivity index (χ1n) is 15.6. The van der Waals surface area contributed by atoms with E-state index in [2.05, 4.69) is 27.9 Å². The van der Waals surface area contributed by atoms with E-state index >= 15 is 0 Å². The van der Waals surface area contributed by atoms with Gasteiger partial charge in [0.15, 0.2) is 0 Å². The molecule has 0 aromatic heterocycles. The predicted octanol–water partition coefficient (Wildman–Crippen LogP) is 9.61. The van der Waals surface area contributed by atoms with Crippen LogP contribution in [0.3, 0.4) is 0 Å². The van der Waals surface area contributed by atoms with Crippen molar-refractivity contribution in [2.45, 2.75) is 162 Å². The number of hydroxylamine groups is 3. The van der Waals surface area contributed by atoms with Crippen LogP contribution in [-0.2, 0) is 4.84 Å². The molecule has 0 spiro atoms. The van der Waals surface area contributed by atoms with E-state index < -0.39 is 0 Å². The number of aliphatic hydroxyl groups excluding tert-OH is 1. The average molecular weight is 485 g/mol. The molecule has 0 aliphatic heterocycles. The van der Waals surface area contributed by atoms with Crippen molar-refractivity contribution in [1.82, 2.24) is 0 Å². The molecule has 0 rings (SSSR count). The van der Waals surface area contributed by atoms with E-state index in [9.17, 15) is 0 Å². The van der Waals surface area contributed by atoms with E-state index in [1.54, 1.807) is 0 Å². The van der Waals surface area contributed by atoms with Crippen LogP contribution in [-0.4, -0.2) is 43.6 Å². The first-order valence-corrected chi connectivity index (χ1v) is 15.6. The standard InChI is InChI=1S/C31H66NO2/c1-5-7-9-11-13-15-17-19-21-23-25-27-31(30-32(3,4)34-29-28-33)26-24-22-20-18-16-14-12-10-8-6-2/h31,33H,5-30H2,1-4H3/q+1. The van der Waals surface area contributed by atoms with Gasteiger partial charge in [0, 0.05) is 5.92 Å². The topological polar surface area (TPSA) is 29.5 Å². The number of unbranched alkanes of at least 4 members (excludes halogenated alkanes) is 19. The summed E-state index contributed by atoms with van der Waals surface area (Å²) in [6, 6.07) is 0. The van der Waals surface area contributed by atoms with E-state index in [0.717, 1.165) is 12.5 Å². The van der Waals surface area contributed by atoms with Crippen LogP contribution in [0.5, 0.6) is 0 Å². The van der Waals surface area contributed by atoms with Crippen LogP contribution in [0.25, 0.3) is 0 Å². The maximum Gasteiger partial charge on any atom is 0.129 e. The molecule has 206 valence electrons. The zero-order chi connectivity index (χ0) is 25.2. The fourth-order valence-electron chi connectivity index (χ4n) is 5.31. The third-order valence-corrected chi connectivity index (χ3v) is 7.41. The van der Waals surface area contributed by atoms with E-state index in [1.807, 2.05) is 0 Å². The van der Waals surface area contributed by atoms with Gasteiger partial charge in [0.05, 0.1) is 20.7 Å². The Hall–Kier alpha value is -0.120. The molecule has 0 radical (unpaired) electrons. The molecule has 0 fully saturated rings. The Labute approximate surface area is 216 Å². The van der Waals surface area contributed by atoms with E-state index in [4.69, 9.17) is 9.94 Å². The minimum atomic E-state index is 0.114. The van der Waals surface area contributed by atoms with Crippen molar-refractivity contribution in [1.29, 1.82) is 0 Å². The van der Waals surface area contributed by atoms with Crippen LogP contribution in [0.1, 0.15) is 162 Å². The summed E-state index contributed by atoms with van der Waals surface area (Å²) in [7, 11) is 4.31. The lowest BCUT2D eigenvalue weighted by Crippen LogP contribution is -2.44. The Balaban J connectivity index is 3.98. The zero-order valence-electron chi connectivity index (χ0n) is 24.3. The molecule has 0 aliphatic rings. The molecule has 0 amide bonds. The number of hydrogen-bond donors (Lipinski definition) is 1. The van der Waals surface area contributed by atoms with Crippen molar-refractivity contribution in [3.8, 4) is 0 Å². The fraction of sp³-hybridized carbons (Fsp3) is 1.00. The van der Waals surface area contributed by atoms with Gasteiger partial charge in [-0.15, -0.1) is 0 Å². The summed E-state index contributed by atoms with van der Waals surface area (Å²) in [6.07, 6.45) is 32.4. The Morgan fingerprint density at radius 3 is 1.18 bits per heavy atom. The van der Waals surface area contributed by atoms with Gasteiger partial charge in [0.2, 0.25) is 0 Å². The minimum Gasteiger partial charge on any atom is -0.394 e. The van der Waals surface area contributed by atoms with Crippen LogP contribution < -0.4 is 0 Å². The van der Waals surface area contributed by atoms with Crippen LogP contribution in [0.4, 0.5) is 0 Å². The van der Waals surface area contributed by atoms with Crippen molar-refractivity contribution < 1.29 is 14.6 Å². The number of quaternary nitrogens is 1. The largest absolute Gasteiger partial charge is 0.394 e. The van der Waals surface area contributed by atoms with Gasteiger partial charge in [0.25, 0.3) is 0 Å². The van der Waals surface area contributed by atoms with Crippen molar-refractivity contribution in [2.75, 3.05) is 33.9 Å². The first-order chi connectivity index (χ1) is 16.6. The van der Waals surface area contributed by atoms with Gasteiger partial charge in [-0.25, -0.2) is 4.84 Å². The predicted molar refractivity (Wildman–Crippen MR) is 151 cm³/mol. The van der Waals surface area contributed by atoms with Crippen LogP contribution >= 0.6 is 0 Å². The normalized spacial score (nSPS) is 13.0. The van der Waals surface area contributed by atoms with Crippen LogP contribution in [0, 0.1) is 5.92 Å². The second-order valence-corrected chi connectivity index (χ2v) is 11.5. The molecule has 34 heavy (non-hydrogen) atoms. The monoisotopic (exact) mass is 485 g/mol. The fourth-order valence-corrected chi connectivity index (χ4v) is 5.31. The molecular weight excluding hydrogens is 418 g/mol. The second kappa shape index (κ2) is 26.0. The molecule has 0 aromatic rings. The Kier molecular flexibility index (Phi) is 25.9. The molecule has 0 aliphatic carbocycles. The van der Waals surface area contributed by atoms with Crippen molar-refractivity contribution in [2.24, 2.45) is 5.92 Å². The third kappa shape index (κ3) is 25.0. The maximum atomic E-state index is 9.15. The Morgan fingerprint density at radius 1 is 0.529 bits per heavy atom. The van der Waals surface area contributed by atoms with Gasteiger partial charge in [-0.05, 0) is 12.8 Å². The van der Waals surface area contributed by atoms with Crippen LogP contribution in [0.15, 0.2) is 0 Å². The number of rotatable bonds is 28. The SMILES string of the molecule is CCCCCCCCCCCCCC(CCCCCCCCCCCC)C[N+](C)(C)OCCO. The minimum absolute atomic E-state index is 0.114.